The van der Waals surface area contributed by atoms with Gasteiger partial charge in [0.2, 0.25) is 0 Å². The van der Waals surface area contributed by atoms with Crippen molar-refractivity contribution in [2.45, 2.75) is 20.0 Å². The van der Waals surface area contributed by atoms with Crippen LogP contribution in [-0.4, -0.2) is 10.1 Å². The van der Waals surface area contributed by atoms with Crippen LogP contribution in [0, 0.1) is 19.7 Å². The molecular weight excluding hydrogens is 265 g/mol. The molecule has 2 aromatic carbocycles. The first kappa shape index (κ1) is 13.7. The van der Waals surface area contributed by atoms with Crippen molar-refractivity contribution in [1.29, 1.82) is 0 Å². The average molecular weight is 281 g/mol. The van der Waals surface area contributed by atoms with Crippen LogP contribution in [0.1, 0.15) is 28.5 Å². The van der Waals surface area contributed by atoms with E-state index in [9.17, 15) is 9.50 Å². The first-order chi connectivity index (χ1) is 10.1. The Hall–Kier alpha value is -2.26. The Morgan fingerprint density at radius 2 is 1.76 bits per heavy atom. The minimum absolute atomic E-state index is 0.270. The van der Waals surface area contributed by atoms with Crippen LogP contribution in [-0.2, 0) is 0 Å². The molecule has 1 aromatic heterocycles. The van der Waals surface area contributed by atoms with Crippen molar-refractivity contribution in [3.8, 4) is 0 Å². The van der Waals surface area contributed by atoms with Gasteiger partial charge in [-0.05, 0) is 48.7 Å². The minimum Gasteiger partial charge on any atom is -0.382 e. The monoisotopic (exact) mass is 281 g/mol. The van der Waals surface area contributed by atoms with E-state index in [-0.39, 0.29) is 5.82 Å². The standard InChI is InChI=1S/C18H16FNO/c1-11-10-17(20-16-6-4-3-5-14(11)16)18(21)13-7-8-15(19)12(2)9-13/h3-10,18,21H,1-2H3. The SMILES string of the molecule is Cc1cc(C(O)c2cc(C)c3ccccc3n2)ccc1F. The summed E-state index contributed by atoms with van der Waals surface area (Å²) in [5.41, 5.74) is 3.66. The lowest BCUT2D eigenvalue weighted by Gasteiger charge is -2.14. The van der Waals surface area contributed by atoms with E-state index in [2.05, 4.69) is 4.98 Å². The fraction of sp³-hybridized carbons (Fsp3) is 0.167. The number of pyridine rings is 1. The summed E-state index contributed by atoms with van der Waals surface area (Å²) in [4.78, 5) is 4.52. The summed E-state index contributed by atoms with van der Waals surface area (Å²) in [5, 5.41) is 11.6. The Morgan fingerprint density at radius 3 is 2.52 bits per heavy atom. The highest BCUT2D eigenvalue weighted by molar-refractivity contribution is 5.82. The summed E-state index contributed by atoms with van der Waals surface area (Å²) in [6.45, 7) is 3.68. The molecule has 0 spiro atoms. The van der Waals surface area contributed by atoms with Gasteiger partial charge in [-0.25, -0.2) is 9.37 Å². The molecule has 0 saturated carbocycles. The maximum Gasteiger partial charge on any atom is 0.126 e. The van der Waals surface area contributed by atoms with Crippen molar-refractivity contribution in [3.63, 3.8) is 0 Å². The second-order valence-electron chi connectivity index (χ2n) is 5.29. The molecule has 0 aliphatic carbocycles. The van der Waals surface area contributed by atoms with Gasteiger partial charge in [-0.1, -0.05) is 30.3 Å². The van der Waals surface area contributed by atoms with Gasteiger partial charge < -0.3 is 5.11 Å². The second kappa shape index (κ2) is 5.26. The van der Waals surface area contributed by atoms with Crippen molar-refractivity contribution in [2.24, 2.45) is 0 Å². The van der Waals surface area contributed by atoms with Gasteiger partial charge in [-0.3, -0.25) is 0 Å². The van der Waals surface area contributed by atoms with E-state index in [1.54, 1.807) is 19.1 Å². The normalized spacial score (nSPS) is 12.6. The van der Waals surface area contributed by atoms with Crippen molar-refractivity contribution >= 4 is 10.9 Å². The number of benzene rings is 2. The van der Waals surface area contributed by atoms with Gasteiger partial charge in [0, 0.05) is 5.39 Å². The molecule has 2 nitrogen and oxygen atoms in total. The van der Waals surface area contributed by atoms with Crippen molar-refractivity contribution in [2.75, 3.05) is 0 Å². The lowest BCUT2D eigenvalue weighted by Crippen LogP contribution is -2.04. The number of para-hydroxylation sites is 1. The van der Waals surface area contributed by atoms with Crippen LogP contribution in [0.5, 0.6) is 0 Å². The third kappa shape index (κ3) is 2.52. The van der Waals surface area contributed by atoms with Crippen LogP contribution in [0.2, 0.25) is 0 Å². The zero-order chi connectivity index (χ0) is 15.0. The molecule has 1 N–H and O–H groups in total. The number of hydrogen-bond donors (Lipinski definition) is 1. The van der Waals surface area contributed by atoms with Gasteiger partial charge in [-0.15, -0.1) is 0 Å². The van der Waals surface area contributed by atoms with E-state index >= 15 is 0 Å². The molecule has 0 saturated heterocycles. The Kier molecular flexibility index (Phi) is 3.43. The van der Waals surface area contributed by atoms with Gasteiger partial charge in [0.1, 0.15) is 11.9 Å². The molecule has 3 aromatic rings. The molecule has 0 aliphatic rings. The summed E-state index contributed by atoms with van der Waals surface area (Å²) in [5.74, 6) is -0.270. The van der Waals surface area contributed by atoms with E-state index in [1.807, 2.05) is 37.3 Å². The Balaban J connectivity index is 2.08. The molecule has 0 aliphatic heterocycles. The van der Waals surface area contributed by atoms with Crippen molar-refractivity contribution in [1.82, 2.24) is 4.98 Å². The number of fused-ring (bicyclic) bond motifs is 1. The first-order valence-electron chi connectivity index (χ1n) is 6.86. The fourth-order valence-electron chi connectivity index (χ4n) is 2.52. The van der Waals surface area contributed by atoms with E-state index < -0.39 is 6.10 Å². The quantitative estimate of drug-likeness (QED) is 0.768. The Morgan fingerprint density at radius 1 is 1.00 bits per heavy atom. The summed E-state index contributed by atoms with van der Waals surface area (Å²) in [6.07, 6.45) is -0.854. The van der Waals surface area contributed by atoms with Gasteiger partial charge in [0.05, 0.1) is 11.2 Å². The average Bonchev–Trinajstić information content (AvgIpc) is 2.49. The Bertz CT molecular complexity index is 813. The molecule has 0 fully saturated rings. The maximum absolute atomic E-state index is 13.3. The van der Waals surface area contributed by atoms with E-state index in [0.717, 1.165) is 16.5 Å². The molecule has 1 heterocycles. The molecule has 1 atom stereocenters. The number of aromatic nitrogens is 1. The zero-order valence-electron chi connectivity index (χ0n) is 12.0. The van der Waals surface area contributed by atoms with Gasteiger partial charge >= 0.3 is 0 Å². The molecule has 1 unspecified atom stereocenters. The van der Waals surface area contributed by atoms with Crippen LogP contribution in [0.25, 0.3) is 10.9 Å². The second-order valence-corrected chi connectivity index (χ2v) is 5.29. The first-order valence-corrected chi connectivity index (χ1v) is 6.86. The number of aliphatic hydroxyl groups excluding tert-OH is 1. The summed E-state index contributed by atoms with van der Waals surface area (Å²) < 4.78 is 13.3. The van der Waals surface area contributed by atoms with Crippen LogP contribution < -0.4 is 0 Å². The van der Waals surface area contributed by atoms with Crippen LogP contribution in [0.15, 0.2) is 48.5 Å². The topological polar surface area (TPSA) is 33.1 Å². The van der Waals surface area contributed by atoms with Crippen LogP contribution >= 0.6 is 0 Å². The van der Waals surface area contributed by atoms with Crippen molar-refractivity contribution < 1.29 is 9.50 Å². The third-order valence-corrected chi connectivity index (χ3v) is 3.72. The highest BCUT2D eigenvalue weighted by atomic mass is 19.1. The largest absolute Gasteiger partial charge is 0.382 e. The van der Waals surface area contributed by atoms with E-state index in [0.29, 0.717) is 16.8 Å². The fourth-order valence-corrected chi connectivity index (χ4v) is 2.52. The lowest BCUT2D eigenvalue weighted by molar-refractivity contribution is 0.215. The molecule has 0 radical (unpaired) electrons. The maximum atomic E-state index is 13.3. The van der Waals surface area contributed by atoms with Crippen LogP contribution in [0.3, 0.4) is 0 Å². The molecule has 106 valence electrons. The number of hydrogen-bond acceptors (Lipinski definition) is 2. The Labute approximate surface area is 122 Å². The van der Waals surface area contributed by atoms with Gasteiger partial charge in [0.25, 0.3) is 0 Å². The van der Waals surface area contributed by atoms with E-state index in [4.69, 9.17) is 0 Å². The number of aliphatic hydroxyl groups is 1. The predicted molar refractivity (Wildman–Crippen MR) is 81.7 cm³/mol. The molecular formula is C18H16FNO. The third-order valence-electron chi connectivity index (χ3n) is 3.72. The smallest absolute Gasteiger partial charge is 0.126 e. The number of halogens is 1. The zero-order valence-corrected chi connectivity index (χ0v) is 12.0. The predicted octanol–water partition coefficient (Wildman–Crippen LogP) is 4.07. The van der Waals surface area contributed by atoms with Crippen molar-refractivity contribution in [3.05, 3.63) is 76.7 Å². The molecule has 3 heteroatoms. The molecule has 0 bridgehead atoms. The van der Waals surface area contributed by atoms with Gasteiger partial charge in [-0.2, -0.15) is 0 Å². The van der Waals surface area contributed by atoms with Gasteiger partial charge in [0.15, 0.2) is 0 Å². The molecule has 3 rings (SSSR count). The highest BCUT2D eigenvalue weighted by Crippen LogP contribution is 2.26. The van der Waals surface area contributed by atoms with Crippen LogP contribution in [0.4, 0.5) is 4.39 Å². The summed E-state index contributed by atoms with van der Waals surface area (Å²) >= 11 is 0. The highest BCUT2D eigenvalue weighted by Gasteiger charge is 2.15. The molecule has 0 amide bonds. The number of aryl methyl sites for hydroxylation is 2. The van der Waals surface area contributed by atoms with E-state index in [1.165, 1.54) is 6.07 Å². The molecule has 21 heavy (non-hydrogen) atoms. The lowest BCUT2D eigenvalue weighted by atomic mass is 10.0. The summed E-state index contributed by atoms with van der Waals surface area (Å²) in [6, 6.07) is 14.3. The summed E-state index contributed by atoms with van der Waals surface area (Å²) in [7, 11) is 0. The number of rotatable bonds is 2. The minimum atomic E-state index is -0.854. The number of nitrogens with zero attached hydrogens (tertiary/aromatic N) is 1.